The van der Waals surface area contributed by atoms with Crippen molar-refractivity contribution >= 4 is 0 Å². The first-order valence-corrected chi connectivity index (χ1v) is 2.63. The van der Waals surface area contributed by atoms with E-state index < -0.39 is 0 Å². The molecule has 0 atom stereocenters. The van der Waals surface area contributed by atoms with Gasteiger partial charge in [0.25, 0.3) is 0 Å². The molecule has 0 spiro atoms. The molecule has 8 heavy (non-hydrogen) atoms. The molecule has 0 unspecified atom stereocenters. The van der Waals surface area contributed by atoms with Gasteiger partial charge in [0, 0.05) is 0 Å². The fourth-order valence-electron chi connectivity index (χ4n) is 0.332. The predicted molar refractivity (Wildman–Crippen MR) is 38.5 cm³/mol. The summed E-state index contributed by atoms with van der Waals surface area (Å²) in [4.78, 5) is 0. The van der Waals surface area contributed by atoms with Crippen LogP contribution >= 0.6 is 0 Å². The smallest absolute Gasteiger partial charge is 0.0169 e. The lowest BCUT2D eigenvalue weighted by Crippen LogP contribution is -1.52. The van der Waals surface area contributed by atoms with Gasteiger partial charge in [-0.25, -0.2) is 0 Å². The van der Waals surface area contributed by atoms with Crippen LogP contribution in [-0.2, 0) is 0 Å². The maximum Gasteiger partial charge on any atom is -0.0169 e. The molecule has 0 saturated heterocycles. The molecule has 1 radical (unpaired) electrons. The standard InChI is InChI=1S/C8H11/c1-3-5-7-8-6-4-2/h3-5,7-8H,1-2,6H2/b5-3+,8-7+. The lowest BCUT2D eigenvalue weighted by atomic mass is 10.3. The number of allylic oxidation sites excluding steroid dienone is 5. The molecule has 0 fully saturated rings. The van der Waals surface area contributed by atoms with E-state index in [1.165, 1.54) is 0 Å². The molecule has 0 amide bonds. The second-order valence-electron chi connectivity index (χ2n) is 1.38. The molecule has 0 heterocycles. The maximum absolute atomic E-state index is 3.57. The minimum atomic E-state index is 0.935. The third-order valence-corrected chi connectivity index (χ3v) is 0.686. The van der Waals surface area contributed by atoms with Crippen LogP contribution in [0.5, 0.6) is 0 Å². The molecule has 0 saturated carbocycles. The molecule has 0 bridgehead atoms. The Bertz CT molecular complexity index is 96.6. The fourth-order valence-corrected chi connectivity index (χ4v) is 0.332. The zero-order chi connectivity index (χ0) is 6.24. The summed E-state index contributed by atoms with van der Waals surface area (Å²) in [6.45, 7) is 7.09. The topological polar surface area (TPSA) is 0 Å². The van der Waals surface area contributed by atoms with E-state index in [-0.39, 0.29) is 0 Å². The summed E-state index contributed by atoms with van der Waals surface area (Å²) >= 11 is 0. The number of hydrogen-bond acceptors (Lipinski definition) is 0. The van der Waals surface area contributed by atoms with E-state index in [0.29, 0.717) is 0 Å². The summed E-state index contributed by atoms with van der Waals surface area (Å²) in [6, 6.07) is 0. The van der Waals surface area contributed by atoms with E-state index in [1.54, 1.807) is 6.08 Å². The third kappa shape index (κ3) is 5.22. The van der Waals surface area contributed by atoms with Crippen LogP contribution in [0.1, 0.15) is 6.42 Å². The normalized spacial score (nSPS) is 11.1. The van der Waals surface area contributed by atoms with Crippen molar-refractivity contribution in [3.63, 3.8) is 0 Å². The van der Waals surface area contributed by atoms with Crippen LogP contribution < -0.4 is 0 Å². The van der Waals surface area contributed by atoms with Gasteiger partial charge in [-0.1, -0.05) is 30.4 Å². The van der Waals surface area contributed by atoms with Gasteiger partial charge in [0.2, 0.25) is 0 Å². The van der Waals surface area contributed by atoms with Crippen LogP contribution in [0.3, 0.4) is 0 Å². The van der Waals surface area contributed by atoms with Crippen molar-refractivity contribution in [2.45, 2.75) is 6.42 Å². The predicted octanol–water partition coefficient (Wildman–Crippen LogP) is 2.51. The summed E-state index contributed by atoms with van der Waals surface area (Å²) in [5.74, 6) is 0. The quantitative estimate of drug-likeness (QED) is 0.384. The van der Waals surface area contributed by atoms with E-state index >= 15 is 0 Å². The Hall–Kier alpha value is -0.780. The van der Waals surface area contributed by atoms with E-state index in [2.05, 4.69) is 13.5 Å². The Balaban J connectivity index is 3.19. The summed E-state index contributed by atoms with van der Waals surface area (Å²) in [7, 11) is 0. The fraction of sp³-hybridized carbons (Fsp3) is 0.125. The molecule has 0 aliphatic heterocycles. The third-order valence-electron chi connectivity index (χ3n) is 0.686. The van der Waals surface area contributed by atoms with Gasteiger partial charge in [-0.3, -0.25) is 0 Å². The molecule has 0 N–H and O–H groups in total. The molecular weight excluding hydrogens is 96.1 g/mol. The average molecular weight is 107 g/mol. The molecule has 0 heteroatoms. The summed E-state index contributed by atoms with van der Waals surface area (Å²) < 4.78 is 0. The van der Waals surface area contributed by atoms with Gasteiger partial charge in [0.05, 0.1) is 0 Å². The van der Waals surface area contributed by atoms with Crippen LogP contribution in [0.25, 0.3) is 0 Å². The Morgan fingerprint density at radius 3 is 2.50 bits per heavy atom. The van der Waals surface area contributed by atoms with Gasteiger partial charge in [-0.2, -0.15) is 0 Å². The highest BCUT2D eigenvalue weighted by atomic mass is 13.7. The molecule has 0 aliphatic carbocycles. The van der Waals surface area contributed by atoms with Gasteiger partial charge in [0.1, 0.15) is 0 Å². The van der Waals surface area contributed by atoms with E-state index in [0.717, 1.165) is 6.42 Å². The van der Waals surface area contributed by atoms with Gasteiger partial charge >= 0.3 is 0 Å². The van der Waals surface area contributed by atoms with Gasteiger partial charge in [-0.05, 0) is 13.3 Å². The lowest BCUT2D eigenvalue weighted by molar-refractivity contribution is 1.41. The van der Waals surface area contributed by atoms with Crippen molar-refractivity contribution in [3.8, 4) is 0 Å². The summed E-state index contributed by atoms with van der Waals surface area (Å²) in [5, 5.41) is 0. The van der Waals surface area contributed by atoms with Crippen LogP contribution in [0.15, 0.2) is 37.0 Å². The second-order valence-corrected chi connectivity index (χ2v) is 1.38. The Morgan fingerprint density at radius 1 is 1.25 bits per heavy atom. The van der Waals surface area contributed by atoms with Crippen molar-refractivity contribution < 1.29 is 0 Å². The number of hydrogen-bond donors (Lipinski definition) is 0. The van der Waals surface area contributed by atoms with Gasteiger partial charge in [0.15, 0.2) is 0 Å². The Labute approximate surface area is 51.2 Å². The molecule has 0 nitrogen and oxygen atoms in total. The number of rotatable bonds is 3. The van der Waals surface area contributed by atoms with Crippen molar-refractivity contribution in [1.82, 2.24) is 0 Å². The first-order valence-electron chi connectivity index (χ1n) is 2.63. The molecule has 0 aliphatic rings. The largest absolute Gasteiger partial charge is 0.103 e. The van der Waals surface area contributed by atoms with Crippen LogP contribution in [0.4, 0.5) is 0 Å². The molecule has 0 aromatic rings. The van der Waals surface area contributed by atoms with Crippen molar-refractivity contribution in [3.05, 3.63) is 43.9 Å². The zero-order valence-corrected chi connectivity index (χ0v) is 5.01. The summed E-state index contributed by atoms with van der Waals surface area (Å²) in [6.07, 6.45) is 10.4. The second kappa shape index (κ2) is 6.22. The SMILES string of the molecule is [CH2]/C=C/C=C/CC=C. The molecular formula is C8H11. The highest BCUT2D eigenvalue weighted by Gasteiger charge is 1.61. The lowest BCUT2D eigenvalue weighted by Gasteiger charge is -1.73. The highest BCUT2D eigenvalue weighted by Crippen LogP contribution is 1.82. The average Bonchev–Trinajstić information content (AvgIpc) is 1.81. The minimum Gasteiger partial charge on any atom is -0.103 e. The van der Waals surface area contributed by atoms with E-state index in [4.69, 9.17) is 0 Å². The maximum atomic E-state index is 3.57. The van der Waals surface area contributed by atoms with Crippen LogP contribution in [0.2, 0.25) is 0 Å². The Kier molecular flexibility index (Phi) is 5.61. The Morgan fingerprint density at radius 2 is 2.00 bits per heavy atom. The van der Waals surface area contributed by atoms with E-state index in [9.17, 15) is 0 Å². The first-order chi connectivity index (χ1) is 3.91. The molecule has 43 valence electrons. The minimum absolute atomic E-state index is 0.935. The molecule has 0 aromatic carbocycles. The molecule has 0 rings (SSSR count). The summed E-state index contributed by atoms with van der Waals surface area (Å²) in [5.41, 5.74) is 0. The monoisotopic (exact) mass is 107 g/mol. The van der Waals surface area contributed by atoms with Crippen LogP contribution in [0, 0.1) is 6.92 Å². The van der Waals surface area contributed by atoms with Crippen molar-refractivity contribution in [2.24, 2.45) is 0 Å². The van der Waals surface area contributed by atoms with Gasteiger partial charge < -0.3 is 0 Å². The van der Waals surface area contributed by atoms with Crippen LogP contribution in [-0.4, -0.2) is 0 Å². The van der Waals surface area contributed by atoms with Gasteiger partial charge in [-0.15, -0.1) is 6.58 Å². The highest BCUT2D eigenvalue weighted by molar-refractivity contribution is 5.04. The first kappa shape index (κ1) is 7.22. The molecule has 0 aromatic heterocycles. The van der Waals surface area contributed by atoms with E-state index in [1.807, 2.05) is 24.3 Å². The van der Waals surface area contributed by atoms with Crippen molar-refractivity contribution in [1.29, 1.82) is 0 Å². The van der Waals surface area contributed by atoms with Crippen molar-refractivity contribution in [2.75, 3.05) is 0 Å². The zero-order valence-electron chi connectivity index (χ0n) is 5.01.